The van der Waals surface area contributed by atoms with Gasteiger partial charge in [-0.2, -0.15) is 30.7 Å². The number of carbonyl (C=O) groups is 2. The molecule has 20 heteroatoms. The summed E-state index contributed by atoms with van der Waals surface area (Å²) >= 11 is 0. The van der Waals surface area contributed by atoms with E-state index in [1.165, 1.54) is 11.9 Å². The van der Waals surface area contributed by atoms with Crippen LogP contribution in [-0.4, -0.2) is 91.7 Å². The van der Waals surface area contributed by atoms with Crippen molar-refractivity contribution in [2.75, 3.05) is 38.3 Å². The van der Waals surface area contributed by atoms with Crippen LogP contribution in [0.4, 0.5) is 40.8 Å². The summed E-state index contributed by atoms with van der Waals surface area (Å²) in [5, 5.41) is 33.9. The van der Waals surface area contributed by atoms with E-state index in [1.807, 2.05) is 0 Å². The molecule has 2 aromatic carbocycles. The number of carbonyl (C=O) groups excluding carboxylic acids is 2. The van der Waals surface area contributed by atoms with Crippen LogP contribution in [0.25, 0.3) is 11.3 Å². The molecule has 1 fully saturated rings. The molecule has 2 aliphatic rings. The number of halogens is 8. The lowest BCUT2D eigenvalue weighted by molar-refractivity contribution is -0.160. The summed E-state index contributed by atoms with van der Waals surface area (Å²) in [5.41, 5.74) is -7.19. The summed E-state index contributed by atoms with van der Waals surface area (Å²) in [6.07, 6.45) is -9.12. The van der Waals surface area contributed by atoms with Gasteiger partial charge in [0.25, 0.3) is 11.8 Å². The number of alkyl halides is 6. The van der Waals surface area contributed by atoms with Crippen molar-refractivity contribution in [3.8, 4) is 17.0 Å². The predicted octanol–water partition coefficient (Wildman–Crippen LogP) is 5.55. The van der Waals surface area contributed by atoms with Gasteiger partial charge in [-0.1, -0.05) is 6.07 Å². The molecule has 2 atom stereocenters. The molecule has 3 heterocycles. The largest absolute Gasteiger partial charge is 0.509 e. The maximum Gasteiger partial charge on any atom is 0.433 e. The van der Waals surface area contributed by atoms with Crippen LogP contribution in [-0.2, 0) is 33.2 Å². The first-order valence-electron chi connectivity index (χ1n) is 16.8. The number of hydrazine groups is 1. The maximum atomic E-state index is 15.4. The molecular formula is C35H35F8N5O7. The molecule has 1 saturated heterocycles. The average Bonchev–Trinajstić information content (AvgIpc) is 3.54. The van der Waals surface area contributed by atoms with Crippen LogP contribution in [0.2, 0.25) is 0 Å². The highest BCUT2D eigenvalue weighted by atomic mass is 19.4. The number of unbranched alkanes of at least 4 members (excludes halogenated alkanes) is 1. The number of amides is 2. The minimum absolute atomic E-state index is 0.0255. The van der Waals surface area contributed by atoms with Crippen molar-refractivity contribution >= 4 is 17.5 Å². The molecule has 0 aliphatic carbocycles. The normalized spacial score (nSPS) is 18.5. The first-order valence-corrected chi connectivity index (χ1v) is 16.8. The average molecular weight is 790 g/mol. The van der Waals surface area contributed by atoms with Crippen molar-refractivity contribution in [2.24, 2.45) is 0 Å². The molecule has 3 aromatic rings. The van der Waals surface area contributed by atoms with Crippen molar-refractivity contribution in [1.82, 2.24) is 20.0 Å². The summed E-state index contributed by atoms with van der Waals surface area (Å²) in [4.78, 5) is 34.5. The lowest BCUT2D eigenvalue weighted by atomic mass is 9.90. The summed E-state index contributed by atoms with van der Waals surface area (Å²) in [5.74, 6) is -6.41. The first kappa shape index (κ1) is 41.2. The lowest BCUT2D eigenvalue weighted by Crippen LogP contribution is -2.60. The van der Waals surface area contributed by atoms with E-state index in [9.17, 15) is 46.1 Å². The van der Waals surface area contributed by atoms with E-state index in [2.05, 4.69) is 15.3 Å². The Morgan fingerprint density at radius 3 is 2.44 bits per heavy atom. The van der Waals surface area contributed by atoms with Crippen LogP contribution in [0.3, 0.4) is 0 Å². The number of ether oxygens (including phenoxy) is 2. The van der Waals surface area contributed by atoms with Crippen molar-refractivity contribution in [3.63, 3.8) is 0 Å². The molecule has 298 valence electrons. The third-order valence-corrected chi connectivity index (χ3v) is 9.05. The molecule has 0 bridgehead atoms. The van der Waals surface area contributed by atoms with Gasteiger partial charge in [-0.05, 0) is 62.9 Å². The molecule has 1 unspecified atom stereocenters. The van der Waals surface area contributed by atoms with Crippen molar-refractivity contribution in [1.29, 1.82) is 0 Å². The van der Waals surface area contributed by atoms with Crippen LogP contribution in [0.1, 0.15) is 49.4 Å². The fourth-order valence-corrected chi connectivity index (χ4v) is 6.16. The number of hydrogen-bond donors (Lipinski definition) is 4. The van der Waals surface area contributed by atoms with E-state index < -0.39 is 106 Å². The molecule has 2 aliphatic heterocycles. The molecule has 4 N–H and O–H groups in total. The van der Waals surface area contributed by atoms with Gasteiger partial charge in [0.1, 0.15) is 29.5 Å². The van der Waals surface area contributed by atoms with Crippen LogP contribution < -0.4 is 10.1 Å². The zero-order chi connectivity index (χ0) is 40.3. The van der Waals surface area contributed by atoms with E-state index in [0.717, 1.165) is 23.2 Å². The second-order valence-corrected chi connectivity index (χ2v) is 12.9. The Kier molecular flexibility index (Phi) is 12.3. The van der Waals surface area contributed by atoms with E-state index in [-0.39, 0.29) is 38.3 Å². The van der Waals surface area contributed by atoms with Crippen LogP contribution >= 0.6 is 0 Å². The van der Waals surface area contributed by atoms with Gasteiger partial charge in [-0.25, -0.2) is 19.4 Å². The number of nitrogens with one attached hydrogen (secondary N) is 1. The molecule has 0 radical (unpaired) electrons. The number of aliphatic hydroxyl groups excluding tert-OH is 3. The molecule has 5 rings (SSSR count). The smallest absolute Gasteiger partial charge is 0.433 e. The predicted molar refractivity (Wildman–Crippen MR) is 176 cm³/mol. The maximum absolute atomic E-state index is 15.4. The fourth-order valence-electron chi connectivity index (χ4n) is 6.16. The summed E-state index contributed by atoms with van der Waals surface area (Å²) in [6.45, 7) is 0.659. The van der Waals surface area contributed by atoms with Crippen LogP contribution in [0.15, 0.2) is 54.1 Å². The Labute approximate surface area is 308 Å². The second kappa shape index (κ2) is 16.4. The molecular weight excluding hydrogens is 754 g/mol. The van der Waals surface area contributed by atoms with Gasteiger partial charge in [0.15, 0.2) is 11.6 Å². The minimum Gasteiger partial charge on any atom is -0.509 e. The van der Waals surface area contributed by atoms with Crippen molar-refractivity contribution in [3.05, 3.63) is 82.5 Å². The standard InChI is InChI=1S/C35H35F8N5O7/c1-33-9-4-10-48(33)47(15-19-5-8-25(29(37)28(19)36)55-12-3-2-11-54-17-21(50)16-49)32(53)27(30(33)51)31(52)46-23-7-6-20(34(38,39)40)13-22(23)24-14-26(35(41,42)43)45-18-44-24/h5-8,13-14,18,21,49-51H,2-4,9-12,15-17H2,1H3,(H,46,52)/t21-,33?/m0/s1. The fraction of sp³-hybridized carbons (Fsp3) is 0.429. The number of aromatic nitrogens is 2. The van der Waals surface area contributed by atoms with E-state index in [1.54, 1.807) is 0 Å². The molecule has 0 saturated carbocycles. The topological polar surface area (TPSA) is 158 Å². The van der Waals surface area contributed by atoms with Gasteiger partial charge in [-0.3, -0.25) is 14.6 Å². The van der Waals surface area contributed by atoms with E-state index in [0.29, 0.717) is 43.8 Å². The zero-order valence-corrected chi connectivity index (χ0v) is 29.0. The highest BCUT2D eigenvalue weighted by Gasteiger charge is 2.53. The first-order chi connectivity index (χ1) is 25.9. The number of aliphatic hydroxyl groups is 3. The SMILES string of the molecule is CC12CCCN1N(Cc1ccc(OCCCCOC[C@@H](O)CO)c(F)c1F)C(=O)C(C(=O)Nc1ccc(C(F)(F)F)cc1-c1cc(C(F)(F)F)ncn1)=C2O. The highest BCUT2D eigenvalue weighted by molar-refractivity contribution is 6.24. The number of fused-ring (bicyclic) bond motifs is 1. The third-order valence-electron chi connectivity index (χ3n) is 9.05. The second-order valence-electron chi connectivity index (χ2n) is 12.9. The molecule has 0 spiro atoms. The van der Waals surface area contributed by atoms with Gasteiger partial charge in [-0.15, -0.1) is 0 Å². The van der Waals surface area contributed by atoms with Gasteiger partial charge >= 0.3 is 12.4 Å². The molecule has 2 amide bonds. The van der Waals surface area contributed by atoms with Crippen molar-refractivity contribution < 1.29 is 69.5 Å². The molecule has 55 heavy (non-hydrogen) atoms. The Morgan fingerprint density at radius 2 is 1.75 bits per heavy atom. The Hall–Kier alpha value is -4.92. The lowest BCUT2D eigenvalue weighted by Gasteiger charge is -2.46. The van der Waals surface area contributed by atoms with Gasteiger partial charge in [0, 0.05) is 24.3 Å². The molecule has 1 aromatic heterocycles. The summed E-state index contributed by atoms with van der Waals surface area (Å²) in [7, 11) is 0. The number of nitrogens with zero attached hydrogens (tertiary/aromatic N) is 4. The number of hydrogen-bond acceptors (Lipinski definition) is 10. The van der Waals surface area contributed by atoms with Gasteiger partial charge in [0.05, 0.1) is 48.8 Å². The molecule has 12 nitrogen and oxygen atoms in total. The monoisotopic (exact) mass is 789 g/mol. The quantitative estimate of drug-likeness (QED) is 0.0928. The van der Waals surface area contributed by atoms with Crippen LogP contribution in [0.5, 0.6) is 5.75 Å². The number of rotatable bonds is 14. The Morgan fingerprint density at radius 1 is 1.02 bits per heavy atom. The number of benzene rings is 2. The summed E-state index contributed by atoms with van der Waals surface area (Å²) in [6, 6.07) is 4.42. The minimum atomic E-state index is -5.00. The number of anilines is 1. The summed E-state index contributed by atoms with van der Waals surface area (Å²) < 4.78 is 122. The highest BCUT2D eigenvalue weighted by Crippen LogP contribution is 2.43. The third kappa shape index (κ3) is 8.98. The van der Waals surface area contributed by atoms with Crippen molar-refractivity contribution in [2.45, 2.75) is 63.1 Å². The van der Waals surface area contributed by atoms with Gasteiger partial charge < -0.3 is 30.1 Å². The van der Waals surface area contributed by atoms with Crippen LogP contribution in [0, 0.1) is 11.6 Å². The Balaban J connectivity index is 1.39. The van der Waals surface area contributed by atoms with E-state index in [4.69, 9.17) is 14.6 Å². The van der Waals surface area contributed by atoms with E-state index >= 15 is 8.78 Å². The zero-order valence-electron chi connectivity index (χ0n) is 29.0. The Bertz CT molecular complexity index is 1940. The van der Waals surface area contributed by atoms with Gasteiger partial charge in [0.2, 0.25) is 5.82 Å².